The highest BCUT2D eigenvalue weighted by Gasteiger charge is 2.37. The standard InChI is InChI=1S/C11H16N2OS/c1-3-10-8(6-13(2)11(10)14)4-9-5-12-7-15-9/h5,7-8,10H,3-4,6H2,1-2H3. The van der Waals surface area contributed by atoms with E-state index in [0.29, 0.717) is 11.8 Å². The summed E-state index contributed by atoms with van der Waals surface area (Å²) in [7, 11) is 1.90. The quantitative estimate of drug-likeness (QED) is 0.784. The second kappa shape index (κ2) is 4.31. The van der Waals surface area contributed by atoms with Gasteiger partial charge in [0, 0.05) is 30.6 Å². The van der Waals surface area contributed by atoms with E-state index in [9.17, 15) is 4.79 Å². The maximum Gasteiger partial charge on any atom is 0.225 e. The molecule has 0 bridgehead atoms. The fourth-order valence-electron chi connectivity index (χ4n) is 2.37. The Morgan fingerprint density at radius 3 is 3.07 bits per heavy atom. The van der Waals surface area contributed by atoms with E-state index in [1.165, 1.54) is 4.88 Å². The molecule has 1 aliphatic heterocycles. The lowest BCUT2D eigenvalue weighted by Crippen LogP contribution is -2.22. The third kappa shape index (κ3) is 2.04. The van der Waals surface area contributed by atoms with Crippen LogP contribution in [0.5, 0.6) is 0 Å². The molecule has 2 unspecified atom stereocenters. The normalized spacial score (nSPS) is 26.3. The number of hydrogen-bond donors (Lipinski definition) is 0. The number of amides is 1. The summed E-state index contributed by atoms with van der Waals surface area (Å²) in [5.41, 5.74) is 1.86. The largest absolute Gasteiger partial charge is 0.345 e. The topological polar surface area (TPSA) is 33.2 Å². The number of nitrogens with zero attached hydrogens (tertiary/aromatic N) is 2. The van der Waals surface area contributed by atoms with Crippen LogP contribution in [0.25, 0.3) is 0 Å². The molecule has 82 valence electrons. The summed E-state index contributed by atoms with van der Waals surface area (Å²) in [6, 6.07) is 0. The Labute approximate surface area is 94.1 Å². The number of thiazole rings is 1. The zero-order valence-corrected chi connectivity index (χ0v) is 9.96. The van der Waals surface area contributed by atoms with Crippen LogP contribution >= 0.6 is 11.3 Å². The monoisotopic (exact) mass is 224 g/mol. The molecule has 1 aromatic rings. The second-order valence-electron chi connectivity index (χ2n) is 4.17. The van der Waals surface area contributed by atoms with E-state index >= 15 is 0 Å². The van der Waals surface area contributed by atoms with Crippen LogP contribution in [-0.2, 0) is 11.2 Å². The van der Waals surface area contributed by atoms with Crippen LogP contribution in [0.3, 0.4) is 0 Å². The van der Waals surface area contributed by atoms with Crippen LogP contribution in [0.1, 0.15) is 18.2 Å². The summed E-state index contributed by atoms with van der Waals surface area (Å²) in [5, 5.41) is 0. The van der Waals surface area contributed by atoms with Gasteiger partial charge in [0.25, 0.3) is 0 Å². The van der Waals surface area contributed by atoms with Crippen molar-refractivity contribution in [3.63, 3.8) is 0 Å². The highest BCUT2D eigenvalue weighted by atomic mass is 32.1. The number of hydrogen-bond acceptors (Lipinski definition) is 3. The predicted octanol–water partition coefficient (Wildman–Crippen LogP) is 1.80. The third-order valence-corrected chi connectivity index (χ3v) is 3.96. The lowest BCUT2D eigenvalue weighted by molar-refractivity contribution is -0.130. The van der Waals surface area contributed by atoms with E-state index in [4.69, 9.17) is 0 Å². The zero-order chi connectivity index (χ0) is 10.8. The van der Waals surface area contributed by atoms with Gasteiger partial charge in [0.15, 0.2) is 0 Å². The van der Waals surface area contributed by atoms with Crippen molar-refractivity contribution < 1.29 is 4.79 Å². The molecule has 0 aliphatic carbocycles. The average molecular weight is 224 g/mol. The van der Waals surface area contributed by atoms with E-state index in [1.54, 1.807) is 11.3 Å². The predicted molar refractivity (Wildman–Crippen MR) is 60.7 cm³/mol. The van der Waals surface area contributed by atoms with Crippen LogP contribution < -0.4 is 0 Å². The summed E-state index contributed by atoms with van der Waals surface area (Å²) in [4.78, 5) is 19.0. The van der Waals surface area contributed by atoms with Crippen LogP contribution in [-0.4, -0.2) is 29.4 Å². The first-order valence-corrected chi connectivity index (χ1v) is 6.22. The molecule has 0 aromatic carbocycles. The van der Waals surface area contributed by atoms with Gasteiger partial charge >= 0.3 is 0 Å². The van der Waals surface area contributed by atoms with Crippen LogP contribution in [0.4, 0.5) is 0 Å². The van der Waals surface area contributed by atoms with Gasteiger partial charge in [0.2, 0.25) is 5.91 Å². The first-order valence-electron chi connectivity index (χ1n) is 5.34. The highest BCUT2D eigenvalue weighted by molar-refractivity contribution is 7.09. The van der Waals surface area contributed by atoms with Crippen molar-refractivity contribution in [1.82, 2.24) is 9.88 Å². The first-order chi connectivity index (χ1) is 7.22. The number of carbonyl (C=O) groups is 1. The Hall–Kier alpha value is -0.900. The van der Waals surface area contributed by atoms with Gasteiger partial charge in [0.05, 0.1) is 5.51 Å². The molecule has 1 saturated heterocycles. The number of likely N-dealkylation sites (tertiary alicyclic amines) is 1. The summed E-state index contributed by atoms with van der Waals surface area (Å²) in [6.07, 6.45) is 3.87. The Bertz CT molecular complexity index is 336. The van der Waals surface area contributed by atoms with Gasteiger partial charge in [-0.25, -0.2) is 0 Å². The highest BCUT2D eigenvalue weighted by Crippen LogP contribution is 2.30. The minimum atomic E-state index is 0.220. The molecule has 15 heavy (non-hydrogen) atoms. The molecule has 1 aromatic heterocycles. The first kappa shape index (κ1) is 10.6. The van der Waals surface area contributed by atoms with Gasteiger partial charge in [-0.05, 0) is 18.8 Å². The van der Waals surface area contributed by atoms with Gasteiger partial charge in [-0.2, -0.15) is 0 Å². The smallest absolute Gasteiger partial charge is 0.225 e. The number of aromatic nitrogens is 1. The average Bonchev–Trinajstić information content (AvgIpc) is 2.78. The molecule has 4 heteroatoms. The molecule has 0 spiro atoms. The Balaban J connectivity index is 2.06. The van der Waals surface area contributed by atoms with Crippen molar-refractivity contribution >= 4 is 17.2 Å². The fourth-order valence-corrected chi connectivity index (χ4v) is 3.06. The molecule has 2 atom stereocenters. The molecule has 2 rings (SSSR count). The van der Waals surface area contributed by atoms with Gasteiger partial charge in [-0.3, -0.25) is 9.78 Å². The lowest BCUT2D eigenvalue weighted by atomic mass is 9.90. The fraction of sp³-hybridized carbons (Fsp3) is 0.636. The van der Waals surface area contributed by atoms with Crippen LogP contribution in [0.2, 0.25) is 0 Å². The molecular formula is C11H16N2OS. The summed E-state index contributed by atoms with van der Waals surface area (Å²) >= 11 is 1.68. The molecular weight excluding hydrogens is 208 g/mol. The number of rotatable bonds is 3. The van der Waals surface area contributed by atoms with E-state index in [2.05, 4.69) is 11.9 Å². The zero-order valence-electron chi connectivity index (χ0n) is 9.14. The van der Waals surface area contributed by atoms with Crippen molar-refractivity contribution in [2.75, 3.05) is 13.6 Å². The van der Waals surface area contributed by atoms with Gasteiger partial charge < -0.3 is 4.90 Å². The van der Waals surface area contributed by atoms with Crippen molar-refractivity contribution in [3.05, 3.63) is 16.6 Å². The molecule has 0 N–H and O–H groups in total. The Kier molecular flexibility index (Phi) is 3.05. The van der Waals surface area contributed by atoms with Crippen molar-refractivity contribution in [3.8, 4) is 0 Å². The molecule has 0 radical (unpaired) electrons. The molecule has 0 saturated carbocycles. The minimum absolute atomic E-state index is 0.220. The van der Waals surface area contributed by atoms with Crippen molar-refractivity contribution in [1.29, 1.82) is 0 Å². The third-order valence-electron chi connectivity index (χ3n) is 3.16. The maximum atomic E-state index is 11.8. The molecule has 1 amide bonds. The van der Waals surface area contributed by atoms with Gasteiger partial charge in [-0.15, -0.1) is 11.3 Å². The van der Waals surface area contributed by atoms with Crippen LogP contribution in [0, 0.1) is 11.8 Å². The summed E-state index contributed by atoms with van der Waals surface area (Å²) in [5.74, 6) is 1.01. The van der Waals surface area contributed by atoms with Crippen molar-refractivity contribution in [2.45, 2.75) is 19.8 Å². The molecule has 2 heterocycles. The van der Waals surface area contributed by atoms with Crippen molar-refractivity contribution in [2.24, 2.45) is 11.8 Å². The maximum absolute atomic E-state index is 11.8. The molecule has 1 aliphatic rings. The summed E-state index contributed by atoms with van der Waals surface area (Å²) in [6.45, 7) is 3.00. The van der Waals surface area contributed by atoms with E-state index in [0.717, 1.165) is 19.4 Å². The second-order valence-corrected chi connectivity index (χ2v) is 5.14. The SMILES string of the molecule is CCC1C(=O)N(C)CC1Cc1cncs1. The number of carbonyl (C=O) groups excluding carboxylic acids is 1. The lowest BCUT2D eigenvalue weighted by Gasteiger charge is -2.12. The Morgan fingerprint density at radius 1 is 1.67 bits per heavy atom. The molecule has 3 nitrogen and oxygen atoms in total. The van der Waals surface area contributed by atoms with Gasteiger partial charge in [-0.1, -0.05) is 6.92 Å². The minimum Gasteiger partial charge on any atom is -0.345 e. The Morgan fingerprint density at radius 2 is 2.47 bits per heavy atom. The molecule has 1 fully saturated rings. The summed E-state index contributed by atoms with van der Waals surface area (Å²) < 4.78 is 0. The van der Waals surface area contributed by atoms with Gasteiger partial charge in [0.1, 0.15) is 0 Å². The van der Waals surface area contributed by atoms with Crippen LogP contribution in [0.15, 0.2) is 11.7 Å². The van der Waals surface area contributed by atoms with E-state index in [-0.39, 0.29) is 5.92 Å². The van der Waals surface area contributed by atoms with E-state index in [1.807, 2.05) is 23.7 Å². The van der Waals surface area contributed by atoms with E-state index < -0.39 is 0 Å².